The van der Waals surface area contributed by atoms with Crippen molar-refractivity contribution >= 4 is 27.5 Å². The summed E-state index contributed by atoms with van der Waals surface area (Å²) in [6.45, 7) is 2.56. The number of terminal acetylenes is 1. The number of aromatic nitrogens is 1. The first-order chi connectivity index (χ1) is 13.2. The molecule has 0 bridgehead atoms. The Labute approximate surface area is 163 Å². The number of methoxy groups -OCH3 is 1. The van der Waals surface area contributed by atoms with Crippen LogP contribution in [0.1, 0.15) is 35.7 Å². The lowest BCUT2D eigenvalue weighted by Gasteiger charge is -2.03. The molecule has 3 aromatic rings. The topological polar surface area (TPSA) is 43.6 Å². The van der Waals surface area contributed by atoms with Crippen molar-refractivity contribution in [3.05, 3.63) is 58.4 Å². The summed E-state index contributed by atoms with van der Waals surface area (Å²) in [5.74, 6) is 2.98. The monoisotopic (exact) mass is 378 g/mol. The zero-order valence-electron chi connectivity index (χ0n) is 15.6. The van der Waals surface area contributed by atoms with E-state index in [9.17, 15) is 4.79 Å². The van der Waals surface area contributed by atoms with Gasteiger partial charge in [0.15, 0.2) is 4.80 Å². The van der Waals surface area contributed by atoms with E-state index in [-0.39, 0.29) is 5.91 Å². The molecule has 0 aliphatic rings. The number of amides is 1. The van der Waals surface area contributed by atoms with Crippen LogP contribution in [0, 0.1) is 12.3 Å². The molecule has 0 radical (unpaired) electrons. The second-order valence-electron chi connectivity index (χ2n) is 6.23. The molecule has 0 saturated carbocycles. The fourth-order valence-corrected chi connectivity index (χ4v) is 3.98. The third-order valence-corrected chi connectivity index (χ3v) is 5.37. The van der Waals surface area contributed by atoms with Gasteiger partial charge in [-0.3, -0.25) is 4.79 Å². The van der Waals surface area contributed by atoms with Crippen molar-refractivity contribution in [1.29, 1.82) is 0 Å². The summed E-state index contributed by atoms with van der Waals surface area (Å²) in [6, 6.07) is 13.4. The molecule has 1 amide bonds. The number of carbonyl (C=O) groups excluding carboxylic acids is 1. The van der Waals surface area contributed by atoms with Gasteiger partial charge in [0, 0.05) is 5.56 Å². The molecular formula is C22H22N2O2S. The maximum atomic E-state index is 12.6. The van der Waals surface area contributed by atoms with E-state index in [2.05, 4.69) is 36.0 Å². The lowest BCUT2D eigenvalue weighted by molar-refractivity contribution is 0.0997. The first-order valence-electron chi connectivity index (χ1n) is 8.95. The zero-order valence-corrected chi connectivity index (χ0v) is 16.4. The van der Waals surface area contributed by atoms with E-state index in [0.717, 1.165) is 29.5 Å². The van der Waals surface area contributed by atoms with Gasteiger partial charge in [-0.05, 0) is 48.7 Å². The van der Waals surface area contributed by atoms with Gasteiger partial charge in [-0.25, -0.2) is 0 Å². The summed E-state index contributed by atoms with van der Waals surface area (Å²) in [7, 11) is 1.57. The van der Waals surface area contributed by atoms with Gasteiger partial charge in [-0.2, -0.15) is 4.99 Å². The molecular weight excluding hydrogens is 356 g/mol. The predicted molar refractivity (Wildman–Crippen MR) is 110 cm³/mol. The third kappa shape index (κ3) is 4.29. The van der Waals surface area contributed by atoms with Gasteiger partial charge in [0.25, 0.3) is 5.91 Å². The Morgan fingerprint density at radius 2 is 2.15 bits per heavy atom. The molecule has 0 atom stereocenters. The Bertz CT molecular complexity index is 1070. The molecule has 2 aromatic carbocycles. The molecule has 0 saturated heterocycles. The first kappa shape index (κ1) is 18.9. The van der Waals surface area contributed by atoms with Crippen molar-refractivity contribution in [3.8, 4) is 18.1 Å². The van der Waals surface area contributed by atoms with Gasteiger partial charge in [-0.15, -0.1) is 6.42 Å². The predicted octanol–water partition coefficient (Wildman–Crippen LogP) is 4.43. The number of ether oxygens (including phenoxy) is 1. The molecule has 0 spiro atoms. The molecule has 0 unspecified atom stereocenters. The van der Waals surface area contributed by atoms with Gasteiger partial charge in [0.2, 0.25) is 0 Å². The third-order valence-electron chi connectivity index (χ3n) is 4.33. The second-order valence-corrected chi connectivity index (χ2v) is 7.24. The number of carbonyl (C=O) groups is 1. The van der Waals surface area contributed by atoms with Crippen LogP contribution < -0.4 is 9.54 Å². The summed E-state index contributed by atoms with van der Waals surface area (Å²) < 4.78 is 8.20. The van der Waals surface area contributed by atoms with Crippen LogP contribution in [0.5, 0.6) is 5.75 Å². The number of unbranched alkanes of at least 4 members (excludes halogenated alkanes) is 1. The average Bonchev–Trinajstić information content (AvgIpc) is 3.03. The number of fused-ring (bicyclic) bond motifs is 1. The number of thiazole rings is 1. The highest BCUT2D eigenvalue weighted by Crippen LogP contribution is 2.21. The van der Waals surface area contributed by atoms with E-state index in [0.29, 0.717) is 22.7 Å². The van der Waals surface area contributed by atoms with Crippen molar-refractivity contribution in [2.75, 3.05) is 7.11 Å². The second kappa shape index (κ2) is 8.70. The van der Waals surface area contributed by atoms with E-state index >= 15 is 0 Å². The van der Waals surface area contributed by atoms with Crippen molar-refractivity contribution in [2.45, 2.75) is 32.7 Å². The van der Waals surface area contributed by atoms with E-state index in [1.54, 1.807) is 31.4 Å². The fourth-order valence-electron chi connectivity index (χ4n) is 2.89. The lowest BCUT2D eigenvalue weighted by Crippen LogP contribution is -2.16. The van der Waals surface area contributed by atoms with E-state index < -0.39 is 0 Å². The summed E-state index contributed by atoms with van der Waals surface area (Å²) in [5.41, 5.74) is 2.79. The Morgan fingerprint density at radius 1 is 1.30 bits per heavy atom. The quantitative estimate of drug-likeness (QED) is 0.596. The van der Waals surface area contributed by atoms with Crippen LogP contribution in [-0.4, -0.2) is 17.6 Å². The number of hydrogen-bond donors (Lipinski definition) is 0. The maximum absolute atomic E-state index is 12.6. The van der Waals surface area contributed by atoms with Gasteiger partial charge in [0.1, 0.15) is 5.75 Å². The van der Waals surface area contributed by atoms with Crippen LogP contribution in [-0.2, 0) is 13.0 Å². The number of rotatable bonds is 6. The normalized spacial score (nSPS) is 11.5. The number of hydrogen-bond acceptors (Lipinski definition) is 3. The minimum Gasteiger partial charge on any atom is -0.497 e. The fraction of sp³-hybridized carbons (Fsp3) is 0.273. The molecule has 4 nitrogen and oxygen atoms in total. The highest BCUT2D eigenvalue weighted by Gasteiger charge is 2.10. The van der Waals surface area contributed by atoms with Crippen molar-refractivity contribution in [3.63, 3.8) is 0 Å². The smallest absolute Gasteiger partial charge is 0.279 e. The molecule has 0 aliphatic carbocycles. The summed E-state index contributed by atoms with van der Waals surface area (Å²) in [4.78, 5) is 17.6. The van der Waals surface area contributed by atoms with Gasteiger partial charge in [0.05, 0.1) is 23.9 Å². The Balaban J connectivity index is 2.05. The number of nitrogens with zero attached hydrogens (tertiary/aromatic N) is 2. The van der Waals surface area contributed by atoms with Crippen molar-refractivity contribution < 1.29 is 9.53 Å². The first-order valence-corrected chi connectivity index (χ1v) is 9.76. The van der Waals surface area contributed by atoms with Crippen molar-refractivity contribution in [1.82, 2.24) is 4.57 Å². The average molecular weight is 378 g/mol. The SMILES string of the molecule is C#CCn1c(=NC(=O)c2cccc(OC)c2)sc2cc(CCCC)ccc21. The minimum atomic E-state index is -0.308. The summed E-state index contributed by atoms with van der Waals surface area (Å²) >= 11 is 1.49. The van der Waals surface area contributed by atoms with Crippen molar-refractivity contribution in [2.24, 2.45) is 4.99 Å². The van der Waals surface area contributed by atoms with Crippen LogP contribution in [0.15, 0.2) is 47.5 Å². The van der Waals surface area contributed by atoms with E-state index in [1.165, 1.54) is 16.9 Å². The molecule has 5 heteroatoms. The molecule has 0 N–H and O–H groups in total. The van der Waals surface area contributed by atoms with Crippen LogP contribution >= 0.6 is 11.3 Å². The number of aryl methyl sites for hydroxylation is 1. The maximum Gasteiger partial charge on any atom is 0.279 e. The minimum absolute atomic E-state index is 0.308. The molecule has 1 aromatic heterocycles. The lowest BCUT2D eigenvalue weighted by atomic mass is 10.1. The molecule has 138 valence electrons. The Kier molecular flexibility index (Phi) is 6.10. The van der Waals surface area contributed by atoms with Crippen LogP contribution in [0.3, 0.4) is 0 Å². The molecule has 27 heavy (non-hydrogen) atoms. The van der Waals surface area contributed by atoms with Gasteiger partial charge >= 0.3 is 0 Å². The number of benzene rings is 2. The van der Waals surface area contributed by atoms with Gasteiger partial charge < -0.3 is 9.30 Å². The standard InChI is InChI=1S/C22H22N2O2S/c1-4-6-8-16-11-12-19-20(14-16)27-22(24(19)13-5-2)23-21(25)17-9-7-10-18(15-17)26-3/h2,7,9-12,14-15H,4,6,8,13H2,1,3H3. The Morgan fingerprint density at radius 3 is 2.89 bits per heavy atom. The largest absolute Gasteiger partial charge is 0.497 e. The van der Waals surface area contributed by atoms with E-state index in [1.807, 2.05) is 4.57 Å². The highest BCUT2D eigenvalue weighted by atomic mass is 32.1. The molecule has 0 fully saturated rings. The summed E-state index contributed by atoms with van der Waals surface area (Å²) in [6.07, 6.45) is 8.92. The van der Waals surface area contributed by atoms with E-state index in [4.69, 9.17) is 11.2 Å². The van der Waals surface area contributed by atoms with Crippen LogP contribution in [0.4, 0.5) is 0 Å². The van der Waals surface area contributed by atoms with Crippen LogP contribution in [0.2, 0.25) is 0 Å². The summed E-state index contributed by atoms with van der Waals surface area (Å²) in [5, 5.41) is 0. The molecule has 1 heterocycles. The Hall–Kier alpha value is -2.84. The zero-order chi connectivity index (χ0) is 19.2. The van der Waals surface area contributed by atoms with Gasteiger partial charge in [-0.1, -0.05) is 42.7 Å². The highest BCUT2D eigenvalue weighted by molar-refractivity contribution is 7.16. The molecule has 3 rings (SSSR count). The van der Waals surface area contributed by atoms with Crippen LogP contribution in [0.25, 0.3) is 10.2 Å². The molecule has 0 aliphatic heterocycles.